The summed E-state index contributed by atoms with van der Waals surface area (Å²) in [6.45, 7) is 8.58. The van der Waals surface area contributed by atoms with Crippen molar-refractivity contribution in [2.24, 2.45) is 0 Å². The maximum Gasteiger partial charge on any atom is 0.104 e. The SMILES string of the molecule is CCCN(CCC=C(C)C)C1=C=CCc2ccc(Cl)cc2-n2cccc21. The van der Waals surface area contributed by atoms with Crippen molar-refractivity contribution in [3.8, 4) is 5.69 Å². The van der Waals surface area contributed by atoms with Gasteiger partial charge in [-0.3, -0.25) is 0 Å². The first kappa shape index (κ1) is 18.6. The van der Waals surface area contributed by atoms with E-state index in [-0.39, 0.29) is 0 Å². The molecule has 1 aliphatic rings. The fourth-order valence-corrected chi connectivity index (χ4v) is 3.58. The van der Waals surface area contributed by atoms with E-state index in [1.807, 2.05) is 6.07 Å². The zero-order valence-electron chi connectivity index (χ0n) is 15.9. The second-order valence-electron chi connectivity index (χ2n) is 6.99. The monoisotopic (exact) mass is 366 g/mol. The fourth-order valence-electron chi connectivity index (χ4n) is 3.42. The van der Waals surface area contributed by atoms with E-state index in [1.165, 1.54) is 22.5 Å². The minimum absolute atomic E-state index is 0.771. The summed E-state index contributed by atoms with van der Waals surface area (Å²) in [4.78, 5) is 2.46. The maximum atomic E-state index is 6.29. The van der Waals surface area contributed by atoms with Crippen LogP contribution in [0, 0.1) is 0 Å². The Morgan fingerprint density at radius 2 is 2.12 bits per heavy atom. The molecule has 0 saturated carbocycles. The van der Waals surface area contributed by atoms with Gasteiger partial charge in [-0.1, -0.05) is 42.0 Å². The number of aromatic nitrogens is 1. The molecule has 0 N–H and O–H groups in total. The van der Waals surface area contributed by atoms with E-state index >= 15 is 0 Å². The molecule has 0 fully saturated rings. The number of allylic oxidation sites excluding steroid dienone is 2. The first-order chi connectivity index (χ1) is 12.6. The normalized spacial score (nSPS) is 12.5. The molecule has 0 bridgehead atoms. The van der Waals surface area contributed by atoms with Crippen LogP contribution in [0.2, 0.25) is 5.02 Å². The molecule has 0 aliphatic carbocycles. The van der Waals surface area contributed by atoms with Crippen molar-refractivity contribution in [1.29, 1.82) is 0 Å². The number of hydrogen-bond acceptors (Lipinski definition) is 1. The molecule has 1 aromatic heterocycles. The quantitative estimate of drug-likeness (QED) is 0.433. The molecule has 0 amide bonds. The minimum atomic E-state index is 0.771. The predicted molar refractivity (Wildman–Crippen MR) is 112 cm³/mol. The van der Waals surface area contributed by atoms with E-state index in [2.05, 4.69) is 78.6 Å². The van der Waals surface area contributed by atoms with Crippen LogP contribution in [0.1, 0.15) is 44.9 Å². The van der Waals surface area contributed by atoms with Gasteiger partial charge in [0, 0.05) is 30.7 Å². The van der Waals surface area contributed by atoms with E-state index < -0.39 is 0 Å². The van der Waals surface area contributed by atoms with Crippen LogP contribution in [0.25, 0.3) is 11.4 Å². The van der Waals surface area contributed by atoms with Crippen molar-refractivity contribution in [2.75, 3.05) is 13.1 Å². The van der Waals surface area contributed by atoms with Crippen LogP contribution < -0.4 is 0 Å². The summed E-state index contributed by atoms with van der Waals surface area (Å²) in [7, 11) is 0. The van der Waals surface area contributed by atoms with Crippen LogP contribution in [0.5, 0.6) is 0 Å². The Kier molecular flexibility index (Phi) is 6.08. The van der Waals surface area contributed by atoms with Crippen LogP contribution in [0.3, 0.4) is 0 Å². The van der Waals surface area contributed by atoms with Crippen LogP contribution in [0.15, 0.2) is 60.0 Å². The Bertz CT molecular complexity index is 862. The molecule has 0 saturated heterocycles. The molecule has 0 radical (unpaired) electrons. The van der Waals surface area contributed by atoms with Crippen molar-refractivity contribution < 1.29 is 0 Å². The summed E-state index contributed by atoms with van der Waals surface area (Å²) in [6.07, 6.45) is 9.62. The highest BCUT2D eigenvalue weighted by Gasteiger charge is 2.18. The summed E-state index contributed by atoms with van der Waals surface area (Å²) in [5.74, 6) is 0. The fraction of sp³-hybridized carbons (Fsp3) is 0.348. The van der Waals surface area contributed by atoms with Crippen molar-refractivity contribution in [3.05, 3.63) is 76.3 Å². The average molecular weight is 367 g/mol. The van der Waals surface area contributed by atoms with E-state index in [9.17, 15) is 0 Å². The molecule has 3 rings (SSSR count). The highest BCUT2D eigenvalue weighted by Crippen LogP contribution is 2.29. The van der Waals surface area contributed by atoms with Crippen LogP contribution in [-0.2, 0) is 6.42 Å². The molecule has 2 aromatic rings. The van der Waals surface area contributed by atoms with E-state index in [4.69, 9.17) is 11.6 Å². The van der Waals surface area contributed by atoms with Crippen molar-refractivity contribution in [1.82, 2.24) is 9.47 Å². The van der Waals surface area contributed by atoms with E-state index in [0.717, 1.165) is 43.1 Å². The molecule has 1 aliphatic heterocycles. The lowest BCUT2D eigenvalue weighted by Gasteiger charge is -2.27. The van der Waals surface area contributed by atoms with Gasteiger partial charge in [-0.05, 0) is 62.6 Å². The molecule has 0 atom stereocenters. The van der Waals surface area contributed by atoms with Crippen molar-refractivity contribution in [3.63, 3.8) is 0 Å². The highest BCUT2D eigenvalue weighted by atomic mass is 35.5. The lowest BCUT2D eigenvalue weighted by atomic mass is 10.1. The first-order valence-electron chi connectivity index (χ1n) is 9.40. The lowest BCUT2D eigenvalue weighted by molar-refractivity contribution is 0.401. The van der Waals surface area contributed by atoms with Crippen molar-refractivity contribution in [2.45, 2.75) is 40.0 Å². The van der Waals surface area contributed by atoms with E-state index in [0.29, 0.717) is 0 Å². The number of halogens is 1. The molecule has 136 valence electrons. The second kappa shape index (κ2) is 8.49. The zero-order chi connectivity index (χ0) is 18.5. The van der Waals surface area contributed by atoms with Gasteiger partial charge in [0.05, 0.1) is 11.4 Å². The molecule has 2 heterocycles. The highest BCUT2D eigenvalue weighted by molar-refractivity contribution is 6.30. The molecule has 26 heavy (non-hydrogen) atoms. The van der Waals surface area contributed by atoms with E-state index in [1.54, 1.807) is 0 Å². The second-order valence-corrected chi connectivity index (χ2v) is 7.43. The lowest BCUT2D eigenvalue weighted by Crippen LogP contribution is -2.25. The molecule has 0 unspecified atom stereocenters. The van der Waals surface area contributed by atoms with Gasteiger partial charge in [0.25, 0.3) is 0 Å². The van der Waals surface area contributed by atoms with Gasteiger partial charge in [0.15, 0.2) is 0 Å². The summed E-state index contributed by atoms with van der Waals surface area (Å²) in [6, 6.07) is 10.4. The minimum Gasteiger partial charge on any atom is -0.363 e. The number of nitrogens with zero attached hydrogens (tertiary/aromatic N) is 2. The molecule has 0 spiro atoms. The average Bonchev–Trinajstić information content (AvgIpc) is 3.06. The largest absolute Gasteiger partial charge is 0.363 e. The Balaban J connectivity index is 2.02. The van der Waals surface area contributed by atoms with Gasteiger partial charge in [-0.2, -0.15) is 0 Å². The third-order valence-electron chi connectivity index (χ3n) is 4.62. The topological polar surface area (TPSA) is 8.17 Å². The number of hydrogen-bond donors (Lipinski definition) is 0. The van der Waals surface area contributed by atoms with Crippen LogP contribution in [0.4, 0.5) is 0 Å². The first-order valence-corrected chi connectivity index (χ1v) is 9.78. The van der Waals surface area contributed by atoms with Gasteiger partial charge in [-0.15, -0.1) is 0 Å². The third-order valence-corrected chi connectivity index (χ3v) is 4.86. The molecular formula is C23H27ClN2. The molecular weight excluding hydrogens is 340 g/mol. The van der Waals surface area contributed by atoms with Gasteiger partial charge in [-0.25, -0.2) is 0 Å². The van der Waals surface area contributed by atoms with Gasteiger partial charge in [0.1, 0.15) is 5.70 Å². The standard InChI is InChI=1S/C23H27ClN2/c1-4-14-25(15-6-8-18(2)3)21-10-5-9-19-12-13-20(24)17-23(19)26-16-7-11-22(21)26/h5,7-8,11-13,16-17H,4,6,9,14-15H2,1-3H3. The Morgan fingerprint density at radius 1 is 1.27 bits per heavy atom. The maximum absolute atomic E-state index is 6.29. The van der Waals surface area contributed by atoms with Gasteiger partial charge >= 0.3 is 0 Å². The molecule has 3 heteroatoms. The molecule has 1 aromatic carbocycles. The van der Waals surface area contributed by atoms with Crippen LogP contribution in [-0.4, -0.2) is 22.6 Å². The van der Waals surface area contributed by atoms with Gasteiger partial charge < -0.3 is 9.47 Å². The van der Waals surface area contributed by atoms with Crippen molar-refractivity contribution >= 4 is 17.3 Å². The number of fused-ring (bicyclic) bond motifs is 3. The smallest absolute Gasteiger partial charge is 0.104 e. The van der Waals surface area contributed by atoms with Gasteiger partial charge in [0.2, 0.25) is 0 Å². The Labute approximate surface area is 162 Å². The zero-order valence-corrected chi connectivity index (χ0v) is 16.7. The summed E-state index contributed by atoms with van der Waals surface area (Å²) in [5.41, 5.74) is 9.73. The third kappa shape index (κ3) is 4.15. The Hall–Kier alpha value is -2.15. The van der Waals surface area contributed by atoms with Crippen LogP contribution >= 0.6 is 11.6 Å². The summed E-state index contributed by atoms with van der Waals surface area (Å²) >= 11 is 6.29. The predicted octanol–water partition coefficient (Wildman–Crippen LogP) is 6.25. The summed E-state index contributed by atoms with van der Waals surface area (Å²) < 4.78 is 2.25. The number of benzene rings is 1. The summed E-state index contributed by atoms with van der Waals surface area (Å²) in [5, 5.41) is 0.771. The Morgan fingerprint density at radius 3 is 2.88 bits per heavy atom. The number of rotatable bonds is 6. The molecule has 2 nitrogen and oxygen atoms in total.